The molecule has 1 amide bonds. The number of methoxy groups -OCH3 is 1. The Bertz CT molecular complexity index is 905. The van der Waals surface area contributed by atoms with Gasteiger partial charge in [-0.2, -0.15) is 0 Å². The second-order valence-corrected chi connectivity index (χ2v) is 6.93. The molecule has 0 spiro atoms. The van der Waals surface area contributed by atoms with Crippen LogP contribution in [0.1, 0.15) is 54.1 Å². The molecule has 1 saturated carbocycles. The highest BCUT2D eigenvalue weighted by Gasteiger charge is 2.16. The second kappa shape index (κ2) is 7.24. The van der Waals surface area contributed by atoms with Crippen molar-refractivity contribution in [3.63, 3.8) is 0 Å². The third kappa shape index (κ3) is 3.45. The van der Waals surface area contributed by atoms with Crippen molar-refractivity contribution in [3.05, 3.63) is 59.9 Å². The fourth-order valence-electron chi connectivity index (χ4n) is 3.73. The number of fused-ring (bicyclic) bond motifs is 1. The van der Waals surface area contributed by atoms with Crippen LogP contribution in [0.15, 0.2) is 52.9 Å². The summed E-state index contributed by atoms with van der Waals surface area (Å²) in [6, 6.07) is 15.4. The molecule has 0 saturated heterocycles. The number of rotatable bonds is 4. The van der Waals surface area contributed by atoms with Crippen molar-refractivity contribution < 1.29 is 13.9 Å². The van der Waals surface area contributed by atoms with Crippen molar-refractivity contribution >= 4 is 22.6 Å². The van der Waals surface area contributed by atoms with Crippen molar-refractivity contribution in [3.8, 4) is 5.75 Å². The summed E-state index contributed by atoms with van der Waals surface area (Å²) in [6.45, 7) is 0. The van der Waals surface area contributed by atoms with Crippen LogP contribution < -0.4 is 10.1 Å². The van der Waals surface area contributed by atoms with Gasteiger partial charge in [-0.15, -0.1) is 0 Å². The molecular weight excluding hydrogens is 326 g/mol. The lowest BCUT2D eigenvalue weighted by atomic mass is 9.84. The van der Waals surface area contributed by atoms with Gasteiger partial charge in [0.15, 0.2) is 5.76 Å². The standard InChI is InChI=1S/C22H23NO3/c1-25-19-11-12-20-17(13-19)14-21(26-20)22(24)23-18-9-7-16(8-10-18)15-5-3-2-4-6-15/h7-15H,2-6H2,1H3,(H,23,24). The first-order valence-corrected chi connectivity index (χ1v) is 9.22. The average Bonchev–Trinajstić information content (AvgIpc) is 3.12. The Morgan fingerprint density at radius 1 is 1.04 bits per heavy atom. The lowest BCUT2D eigenvalue weighted by Gasteiger charge is -2.22. The zero-order valence-corrected chi connectivity index (χ0v) is 15.0. The number of hydrogen-bond donors (Lipinski definition) is 1. The van der Waals surface area contributed by atoms with Crippen LogP contribution in [0.3, 0.4) is 0 Å². The smallest absolute Gasteiger partial charge is 0.291 e. The normalized spacial score (nSPS) is 15.1. The van der Waals surface area contributed by atoms with Gasteiger partial charge in [0.1, 0.15) is 11.3 Å². The Hall–Kier alpha value is -2.75. The summed E-state index contributed by atoms with van der Waals surface area (Å²) in [6.07, 6.45) is 6.54. The van der Waals surface area contributed by atoms with E-state index in [1.165, 1.54) is 37.7 Å². The summed E-state index contributed by atoms with van der Waals surface area (Å²) < 4.78 is 10.9. The predicted molar refractivity (Wildman–Crippen MR) is 103 cm³/mol. The molecule has 0 bridgehead atoms. The van der Waals surface area contributed by atoms with Gasteiger partial charge in [-0.25, -0.2) is 0 Å². The molecule has 4 rings (SSSR count). The van der Waals surface area contributed by atoms with Gasteiger partial charge in [-0.3, -0.25) is 4.79 Å². The third-order valence-electron chi connectivity index (χ3n) is 5.19. The minimum absolute atomic E-state index is 0.245. The molecule has 4 nitrogen and oxygen atoms in total. The van der Waals surface area contributed by atoms with Gasteiger partial charge in [-0.05, 0) is 60.7 Å². The number of carbonyl (C=O) groups excluding carboxylic acids is 1. The van der Waals surface area contributed by atoms with Crippen LogP contribution >= 0.6 is 0 Å². The molecule has 0 unspecified atom stereocenters. The minimum Gasteiger partial charge on any atom is -0.497 e. The maximum absolute atomic E-state index is 12.5. The Labute approximate surface area is 153 Å². The summed E-state index contributed by atoms with van der Waals surface area (Å²) in [5, 5.41) is 3.76. The molecule has 1 aliphatic carbocycles. The maximum Gasteiger partial charge on any atom is 0.291 e. The van der Waals surface area contributed by atoms with E-state index in [4.69, 9.17) is 9.15 Å². The molecule has 1 N–H and O–H groups in total. The zero-order valence-electron chi connectivity index (χ0n) is 15.0. The van der Waals surface area contributed by atoms with E-state index in [1.807, 2.05) is 30.3 Å². The van der Waals surface area contributed by atoms with Crippen LogP contribution in [0.2, 0.25) is 0 Å². The topological polar surface area (TPSA) is 51.5 Å². The molecule has 4 heteroatoms. The molecule has 1 aliphatic rings. The van der Waals surface area contributed by atoms with Gasteiger partial charge in [0.25, 0.3) is 5.91 Å². The van der Waals surface area contributed by atoms with Gasteiger partial charge in [0, 0.05) is 11.1 Å². The highest BCUT2D eigenvalue weighted by molar-refractivity contribution is 6.04. The van der Waals surface area contributed by atoms with Gasteiger partial charge in [0.2, 0.25) is 0 Å². The minimum atomic E-state index is -0.245. The first-order chi connectivity index (χ1) is 12.7. The molecular formula is C22H23NO3. The largest absolute Gasteiger partial charge is 0.497 e. The molecule has 0 aliphatic heterocycles. The Balaban J connectivity index is 1.47. The summed E-state index contributed by atoms with van der Waals surface area (Å²) in [4.78, 5) is 12.5. The van der Waals surface area contributed by atoms with E-state index in [-0.39, 0.29) is 5.91 Å². The third-order valence-corrected chi connectivity index (χ3v) is 5.19. The maximum atomic E-state index is 12.5. The molecule has 3 aromatic rings. The van der Waals surface area contributed by atoms with Gasteiger partial charge >= 0.3 is 0 Å². The monoisotopic (exact) mass is 349 g/mol. The molecule has 134 valence electrons. The SMILES string of the molecule is COc1ccc2oc(C(=O)Nc3ccc(C4CCCCC4)cc3)cc2c1. The number of benzene rings is 2. The number of amides is 1. The number of anilines is 1. The highest BCUT2D eigenvalue weighted by atomic mass is 16.5. The summed E-state index contributed by atoms with van der Waals surface area (Å²) in [5.41, 5.74) is 2.83. The van der Waals surface area contributed by atoms with Crippen LogP contribution in [0.5, 0.6) is 5.75 Å². The summed E-state index contributed by atoms with van der Waals surface area (Å²) in [7, 11) is 1.62. The van der Waals surface area contributed by atoms with Crippen molar-refractivity contribution in [1.29, 1.82) is 0 Å². The molecule has 2 aromatic carbocycles. The van der Waals surface area contributed by atoms with Crippen LogP contribution in [0, 0.1) is 0 Å². The fourth-order valence-corrected chi connectivity index (χ4v) is 3.73. The second-order valence-electron chi connectivity index (χ2n) is 6.93. The Morgan fingerprint density at radius 3 is 2.54 bits per heavy atom. The van der Waals surface area contributed by atoms with Crippen molar-refractivity contribution in [2.45, 2.75) is 38.0 Å². The van der Waals surface area contributed by atoms with Gasteiger partial charge in [0.05, 0.1) is 7.11 Å². The van der Waals surface area contributed by atoms with E-state index < -0.39 is 0 Å². The quantitative estimate of drug-likeness (QED) is 0.653. The fraction of sp³-hybridized carbons (Fsp3) is 0.318. The van der Waals surface area contributed by atoms with E-state index in [9.17, 15) is 4.79 Å². The van der Waals surface area contributed by atoms with Crippen molar-refractivity contribution in [2.24, 2.45) is 0 Å². The average molecular weight is 349 g/mol. The molecule has 26 heavy (non-hydrogen) atoms. The van der Waals surface area contributed by atoms with E-state index in [0.29, 0.717) is 17.3 Å². The molecule has 1 heterocycles. The first kappa shape index (κ1) is 16.7. The van der Waals surface area contributed by atoms with E-state index >= 15 is 0 Å². The Morgan fingerprint density at radius 2 is 1.81 bits per heavy atom. The summed E-state index contributed by atoms with van der Waals surface area (Å²) in [5.74, 6) is 1.46. The number of carbonyl (C=O) groups is 1. The van der Waals surface area contributed by atoms with Crippen LogP contribution in [0.4, 0.5) is 5.69 Å². The van der Waals surface area contributed by atoms with Crippen molar-refractivity contribution in [1.82, 2.24) is 0 Å². The van der Waals surface area contributed by atoms with Gasteiger partial charge < -0.3 is 14.5 Å². The highest BCUT2D eigenvalue weighted by Crippen LogP contribution is 2.33. The van der Waals surface area contributed by atoms with Crippen LogP contribution in [-0.4, -0.2) is 13.0 Å². The first-order valence-electron chi connectivity index (χ1n) is 9.22. The van der Waals surface area contributed by atoms with Crippen molar-refractivity contribution in [2.75, 3.05) is 12.4 Å². The Kier molecular flexibility index (Phi) is 4.65. The van der Waals surface area contributed by atoms with E-state index in [1.54, 1.807) is 13.2 Å². The lowest BCUT2D eigenvalue weighted by molar-refractivity contribution is 0.0998. The molecule has 1 aromatic heterocycles. The lowest BCUT2D eigenvalue weighted by Crippen LogP contribution is -2.11. The molecule has 0 radical (unpaired) electrons. The number of nitrogens with one attached hydrogen (secondary N) is 1. The number of furan rings is 1. The van der Waals surface area contributed by atoms with Crippen LogP contribution in [-0.2, 0) is 0 Å². The predicted octanol–water partition coefficient (Wildman–Crippen LogP) is 5.74. The molecule has 0 atom stereocenters. The summed E-state index contributed by atoms with van der Waals surface area (Å²) >= 11 is 0. The van der Waals surface area contributed by atoms with Crippen LogP contribution in [0.25, 0.3) is 11.0 Å². The number of ether oxygens (including phenoxy) is 1. The zero-order chi connectivity index (χ0) is 17.9. The molecule has 1 fully saturated rings. The number of hydrogen-bond acceptors (Lipinski definition) is 3. The van der Waals surface area contributed by atoms with Gasteiger partial charge in [-0.1, -0.05) is 31.4 Å². The van der Waals surface area contributed by atoms with E-state index in [0.717, 1.165) is 16.8 Å². The van der Waals surface area contributed by atoms with E-state index in [2.05, 4.69) is 17.4 Å².